The Morgan fingerprint density at radius 2 is 1.76 bits per heavy atom. The Morgan fingerprint density at radius 1 is 1.10 bits per heavy atom. The molecular weight excluding hydrogens is 280 g/mol. The van der Waals surface area contributed by atoms with Crippen molar-refractivity contribution >= 4 is 34.4 Å². The minimum atomic E-state index is 0.457. The van der Waals surface area contributed by atoms with Crippen molar-refractivity contribution in [3.63, 3.8) is 0 Å². The highest BCUT2D eigenvalue weighted by atomic mass is 32.1. The van der Waals surface area contributed by atoms with Crippen LogP contribution < -0.4 is 16.5 Å². The van der Waals surface area contributed by atoms with Crippen molar-refractivity contribution < 1.29 is 0 Å². The van der Waals surface area contributed by atoms with E-state index in [1.54, 1.807) is 0 Å². The van der Waals surface area contributed by atoms with E-state index in [9.17, 15) is 0 Å². The summed E-state index contributed by atoms with van der Waals surface area (Å²) >= 11 is 5.24. The van der Waals surface area contributed by atoms with Gasteiger partial charge in [-0.3, -0.25) is 5.43 Å². The van der Waals surface area contributed by atoms with Crippen molar-refractivity contribution in [2.75, 3.05) is 11.1 Å². The van der Waals surface area contributed by atoms with Gasteiger partial charge in [-0.2, -0.15) is 5.10 Å². The lowest BCUT2D eigenvalue weighted by atomic mass is 10.1. The van der Waals surface area contributed by atoms with E-state index >= 15 is 0 Å². The lowest BCUT2D eigenvalue weighted by molar-refractivity contribution is 1.04. The zero-order chi connectivity index (χ0) is 15.2. The fraction of sp³-hybridized carbons (Fsp3) is 0.125. The molecule has 0 aromatic heterocycles. The Balaban J connectivity index is 1.98. The van der Waals surface area contributed by atoms with Crippen molar-refractivity contribution in [2.24, 2.45) is 5.10 Å². The number of anilines is 2. The first-order valence-corrected chi connectivity index (χ1v) is 7.00. The van der Waals surface area contributed by atoms with Gasteiger partial charge in [0.05, 0.1) is 5.71 Å². The maximum atomic E-state index is 5.66. The second kappa shape index (κ2) is 6.85. The highest BCUT2D eigenvalue weighted by Gasteiger charge is 2.00. The number of hydrogen-bond acceptors (Lipinski definition) is 3. The van der Waals surface area contributed by atoms with Gasteiger partial charge in [-0.05, 0) is 55.4 Å². The topological polar surface area (TPSA) is 62.4 Å². The van der Waals surface area contributed by atoms with Crippen LogP contribution in [0.4, 0.5) is 11.4 Å². The first-order chi connectivity index (χ1) is 10.1. The summed E-state index contributed by atoms with van der Waals surface area (Å²) in [5.74, 6) is 0. The molecule has 0 spiro atoms. The van der Waals surface area contributed by atoms with Crippen LogP contribution in [-0.4, -0.2) is 10.8 Å². The molecule has 0 saturated heterocycles. The number of hydrogen-bond donors (Lipinski definition) is 3. The van der Waals surface area contributed by atoms with E-state index in [4.69, 9.17) is 18.0 Å². The SMILES string of the molecule is C/C(=N/NC(=S)Nc1ccccc1C)c1ccc(N)cc1. The zero-order valence-corrected chi connectivity index (χ0v) is 12.9. The second-order valence-electron chi connectivity index (χ2n) is 4.70. The predicted molar refractivity (Wildman–Crippen MR) is 93.6 cm³/mol. The van der Waals surface area contributed by atoms with Gasteiger partial charge in [0.1, 0.15) is 0 Å². The summed E-state index contributed by atoms with van der Waals surface area (Å²) < 4.78 is 0. The number of nitrogens with one attached hydrogen (secondary N) is 2. The van der Waals surface area contributed by atoms with Crippen LogP contribution in [0.25, 0.3) is 0 Å². The van der Waals surface area contributed by atoms with Crippen LogP contribution in [0.1, 0.15) is 18.1 Å². The highest BCUT2D eigenvalue weighted by molar-refractivity contribution is 7.80. The predicted octanol–water partition coefficient (Wildman–Crippen LogP) is 3.29. The van der Waals surface area contributed by atoms with Gasteiger partial charge in [0.15, 0.2) is 5.11 Å². The molecule has 4 nitrogen and oxygen atoms in total. The van der Waals surface area contributed by atoms with Gasteiger partial charge in [0.25, 0.3) is 0 Å². The molecule has 0 saturated carbocycles. The van der Waals surface area contributed by atoms with Crippen LogP contribution >= 0.6 is 12.2 Å². The Kier molecular flexibility index (Phi) is 4.90. The van der Waals surface area contributed by atoms with E-state index < -0.39 is 0 Å². The van der Waals surface area contributed by atoms with Gasteiger partial charge in [-0.25, -0.2) is 0 Å². The van der Waals surface area contributed by atoms with Gasteiger partial charge >= 0.3 is 0 Å². The maximum absolute atomic E-state index is 5.66. The number of nitrogen functional groups attached to an aromatic ring is 1. The van der Waals surface area contributed by atoms with Crippen LogP contribution in [-0.2, 0) is 0 Å². The van der Waals surface area contributed by atoms with Crippen molar-refractivity contribution in [3.05, 3.63) is 59.7 Å². The number of para-hydroxylation sites is 1. The van der Waals surface area contributed by atoms with E-state index in [1.165, 1.54) is 0 Å². The van der Waals surface area contributed by atoms with Gasteiger partial charge in [-0.15, -0.1) is 0 Å². The molecule has 4 N–H and O–H groups in total. The number of benzene rings is 2. The maximum Gasteiger partial charge on any atom is 0.191 e. The number of hydrazone groups is 1. The monoisotopic (exact) mass is 298 g/mol. The van der Waals surface area contributed by atoms with E-state index in [0.717, 1.165) is 28.2 Å². The Bertz CT molecular complexity index is 662. The molecule has 108 valence electrons. The highest BCUT2D eigenvalue weighted by Crippen LogP contribution is 2.12. The van der Waals surface area contributed by atoms with E-state index in [2.05, 4.69) is 15.8 Å². The third kappa shape index (κ3) is 4.29. The van der Waals surface area contributed by atoms with Gasteiger partial charge in [0.2, 0.25) is 0 Å². The first-order valence-electron chi connectivity index (χ1n) is 6.59. The van der Waals surface area contributed by atoms with Gasteiger partial charge in [0, 0.05) is 11.4 Å². The van der Waals surface area contributed by atoms with Crippen molar-refractivity contribution in [1.29, 1.82) is 0 Å². The molecule has 0 radical (unpaired) electrons. The summed E-state index contributed by atoms with van der Waals surface area (Å²) in [5.41, 5.74) is 13.2. The largest absolute Gasteiger partial charge is 0.399 e. The first kappa shape index (κ1) is 15.0. The summed E-state index contributed by atoms with van der Waals surface area (Å²) in [6, 6.07) is 15.5. The lowest BCUT2D eigenvalue weighted by Gasteiger charge is -2.10. The van der Waals surface area contributed by atoms with E-state index in [-0.39, 0.29) is 0 Å². The van der Waals surface area contributed by atoms with Gasteiger partial charge < -0.3 is 11.1 Å². The molecule has 5 heteroatoms. The molecule has 0 atom stereocenters. The molecule has 2 aromatic carbocycles. The van der Waals surface area contributed by atoms with Gasteiger partial charge in [-0.1, -0.05) is 30.3 Å². The molecule has 0 aliphatic rings. The summed E-state index contributed by atoms with van der Waals surface area (Å²) in [6.07, 6.45) is 0. The molecule has 0 aliphatic carbocycles. The lowest BCUT2D eigenvalue weighted by Crippen LogP contribution is -2.25. The van der Waals surface area contributed by atoms with Crippen LogP contribution in [0.5, 0.6) is 0 Å². The Hall–Kier alpha value is -2.40. The molecule has 2 rings (SSSR count). The minimum Gasteiger partial charge on any atom is -0.399 e. The van der Waals surface area contributed by atoms with Crippen LogP contribution in [0.15, 0.2) is 53.6 Å². The fourth-order valence-corrected chi connectivity index (χ4v) is 1.94. The van der Waals surface area contributed by atoms with Crippen LogP contribution in [0, 0.1) is 6.92 Å². The Morgan fingerprint density at radius 3 is 2.43 bits per heavy atom. The van der Waals surface area contributed by atoms with Crippen molar-refractivity contribution in [2.45, 2.75) is 13.8 Å². The third-order valence-electron chi connectivity index (χ3n) is 3.05. The normalized spacial score (nSPS) is 11.0. The summed E-state index contributed by atoms with van der Waals surface area (Å²) in [5, 5.41) is 7.85. The number of rotatable bonds is 3. The molecule has 0 unspecified atom stereocenters. The summed E-state index contributed by atoms with van der Waals surface area (Å²) in [6.45, 7) is 3.93. The van der Waals surface area contributed by atoms with E-state index in [0.29, 0.717) is 5.11 Å². The number of nitrogens with zero attached hydrogens (tertiary/aromatic N) is 1. The molecule has 0 aliphatic heterocycles. The molecule has 21 heavy (non-hydrogen) atoms. The minimum absolute atomic E-state index is 0.457. The van der Waals surface area contributed by atoms with E-state index in [1.807, 2.05) is 62.4 Å². The fourth-order valence-electron chi connectivity index (χ4n) is 1.79. The Labute approximate surface area is 130 Å². The quantitative estimate of drug-likeness (QED) is 0.352. The average molecular weight is 298 g/mol. The summed E-state index contributed by atoms with van der Waals surface area (Å²) in [7, 11) is 0. The molecule has 0 amide bonds. The number of thiocarbonyl (C=S) groups is 1. The zero-order valence-electron chi connectivity index (χ0n) is 12.1. The molecule has 2 aromatic rings. The molecule has 0 fully saturated rings. The smallest absolute Gasteiger partial charge is 0.191 e. The average Bonchev–Trinajstić information content (AvgIpc) is 2.48. The van der Waals surface area contributed by atoms with Crippen LogP contribution in [0.2, 0.25) is 0 Å². The number of aryl methyl sites for hydroxylation is 1. The van der Waals surface area contributed by atoms with Crippen molar-refractivity contribution in [3.8, 4) is 0 Å². The number of nitrogens with two attached hydrogens (primary N) is 1. The third-order valence-corrected chi connectivity index (χ3v) is 3.24. The standard InChI is InChI=1S/C16H18N4S/c1-11-5-3-4-6-15(11)18-16(21)20-19-12(2)13-7-9-14(17)10-8-13/h3-10H,17H2,1-2H3,(H2,18,20,21)/b19-12-. The van der Waals surface area contributed by atoms with Crippen molar-refractivity contribution in [1.82, 2.24) is 5.43 Å². The van der Waals surface area contributed by atoms with Crippen LogP contribution in [0.3, 0.4) is 0 Å². The molecule has 0 bridgehead atoms. The summed E-state index contributed by atoms with van der Waals surface area (Å²) in [4.78, 5) is 0. The molecule has 0 heterocycles. The second-order valence-corrected chi connectivity index (χ2v) is 5.11. The molecular formula is C16H18N4S.